The second-order valence-electron chi connectivity index (χ2n) is 5.80. The van der Waals surface area contributed by atoms with Crippen molar-refractivity contribution in [2.24, 2.45) is 0 Å². The Bertz CT molecular complexity index is 792. The Balaban J connectivity index is 1.66. The molecule has 2 amide bonds. The van der Waals surface area contributed by atoms with Crippen LogP contribution in [-0.4, -0.2) is 23.3 Å². The molecule has 1 N–H and O–H groups in total. The molecule has 1 aromatic carbocycles. The van der Waals surface area contributed by atoms with Crippen LogP contribution in [0.15, 0.2) is 36.5 Å². The van der Waals surface area contributed by atoms with E-state index in [2.05, 4.69) is 10.3 Å². The summed E-state index contributed by atoms with van der Waals surface area (Å²) >= 11 is 0. The van der Waals surface area contributed by atoms with Gasteiger partial charge in [-0.3, -0.25) is 14.6 Å². The predicted molar refractivity (Wildman–Crippen MR) is 89.3 cm³/mol. The summed E-state index contributed by atoms with van der Waals surface area (Å²) in [5.41, 5.74) is 3.00. The third-order valence-corrected chi connectivity index (χ3v) is 3.98. The second kappa shape index (κ2) is 6.78. The van der Waals surface area contributed by atoms with Crippen LogP contribution < -0.4 is 10.2 Å². The van der Waals surface area contributed by atoms with Crippen LogP contribution in [0.1, 0.15) is 24.1 Å². The van der Waals surface area contributed by atoms with Crippen LogP contribution in [0.4, 0.5) is 15.8 Å². The molecule has 0 spiro atoms. The maximum atomic E-state index is 13.3. The van der Waals surface area contributed by atoms with Crippen LogP contribution in [-0.2, 0) is 16.0 Å². The van der Waals surface area contributed by atoms with Gasteiger partial charge in [0, 0.05) is 42.7 Å². The Morgan fingerprint density at radius 3 is 2.92 bits per heavy atom. The first-order valence-corrected chi connectivity index (χ1v) is 7.84. The topological polar surface area (TPSA) is 62.3 Å². The Morgan fingerprint density at radius 2 is 2.12 bits per heavy atom. The normalized spacial score (nSPS) is 13.6. The third-order valence-electron chi connectivity index (χ3n) is 3.98. The molecular weight excluding hydrogens is 309 g/mol. The first-order valence-electron chi connectivity index (χ1n) is 7.84. The molecule has 1 aromatic heterocycles. The molecule has 0 radical (unpaired) electrons. The van der Waals surface area contributed by atoms with Crippen LogP contribution in [0.2, 0.25) is 0 Å². The summed E-state index contributed by atoms with van der Waals surface area (Å²) < 4.78 is 13.3. The zero-order valence-electron chi connectivity index (χ0n) is 13.4. The summed E-state index contributed by atoms with van der Waals surface area (Å²) in [7, 11) is 0. The van der Waals surface area contributed by atoms with E-state index in [0.29, 0.717) is 24.2 Å². The standard InChI is InChI=1S/C18H18FN3O2/c1-12-10-15(6-8-20-12)21-17(23)7-9-22-16-4-3-14(19)11-13(16)2-5-18(22)24/h3-4,6,8,10-11H,2,5,7,9H2,1H3,(H,20,21,23). The lowest BCUT2D eigenvalue weighted by atomic mass is 10.0. The van der Waals surface area contributed by atoms with E-state index in [1.54, 1.807) is 29.3 Å². The molecule has 5 nitrogen and oxygen atoms in total. The van der Waals surface area contributed by atoms with E-state index in [1.807, 2.05) is 6.92 Å². The largest absolute Gasteiger partial charge is 0.326 e. The smallest absolute Gasteiger partial charge is 0.227 e. The van der Waals surface area contributed by atoms with Gasteiger partial charge in [0.2, 0.25) is 11.8 Å². The fourth-order valence-electron chi connectivity index (χ4n) is 2.83. The van der Waals surface area contributed by atoms with Gasteiger partial charge in [-0.2, -0.15) is 0 Å². The van der Waals surface area contributed by atoms with Gasteiger partial charge >= 0.3 is 0 Å². The van der Waals surface area contributed by atoms with Crippen molar-refractivity contribution in [3.63, 3.8) is 0 Å². The van der Waals surface area contributed by atoms with Gasteiger partial charge in [-0.15, -0.1) is 0 Å². The number of fused-ring (bicyclic) bond motifs is 1. The maximum Gasteiger partial charge on any atom is 0.227 e. The van der Waals surface area contributed by atoms with Crippen LogP contribution in [0.25, 0.3) is 0 Å². The summed E-state index contributed by atoms with van der Waals surface area (Å²) in [5, 5.41) is 2.79. The Hall–Kier alpha value is -2.76. The number of anilines is 2. The number of carbonyl (C=O) groups excluding carboxylic acids is 2. The minimum Gasteiger partial charge on any atom is -0.326 e. The van der Waals surface area contributed by atoms with E-state index in [1.165, 1.54) is 12.1 Å². The monoisotopic (exact) mass is 327 g/mol. The SMILES string of the molecule is Cc1cc(NC(=O)CCN2C(=O)CCc3cc(F)ccc32)ccn1. The number of hydrogen-bond acceptors (Lipinski definition) is 3. The maximum absolute atomic E-state index is 13.3. The molecule has 0 unspecified atom stereocenters. The molecule has 24 heavy (non-hydrogen) atoms. The number of rotatable bonds is 4. The van der Waals surface area contributed by atoms with Gasteiger partial charge in [0.1, 0.15) is 5.82 Å². The molecule has 1 aliphatic rings. The van der Waals surface area contributed by atoms with E-state index in [9.17, 15) is 14.0 Å². The van der Waals surface area contributed by atoms with Gasteiger partial charge in [0.15, 0.2) is 0 Å². The first-order chi connectivity index (χ1) is 11.5. The number of halogens is 1. The lowest BCUT2D eigenvalue weighted by molar-refractivity contribution is -0.119. The van der Waals surface area contributed by atoms with E-state index >= 15 is 0 Å². The number of pyridine rings is 1. The summed E-state index contributed by atoms with van der Waals surface area (Å²) in [4.78, 5) is 29.9. The van der Waals surface area contributed by atoms with Gasteiger partial charge in [-0.05, 0) is 49.2 Å². The molecule has 124 valence electrons. The Labute approximate surface area is 139 Å². The summed E-state index contributed by atoms with van der Waals surface area (Å²) in [6.45, 7) is 2.12. The zero-order valence-corrected chi connectivity index (χ0v) is 13.4. The van der Waals surface area contributed by atoms with Gasteiger partial charge in [0.25, 0.3) is 0 Å². The molecule has 2 heterocycles. The fourth-order valence-corrected chi connectivity index (χ4v) is 2.83. The van der Waals surface area contributed by atoms with Gasteiger partial charge in [-0.25, -0.2) is 4.39 Å². The highest BCUT2D eigenvalue weighted by molar-refractivity contribution is 5.98. The molecule has 6 heteroatoms. The van der Waals surface area contributed by atoms with E-state index in [-0.39, 0.29) is 30.6 Å². The van der Waals surface area contributed by atoms with Crippen molar-refractivity contribution in [2.75, 3.05) is 16.8 Å². The number of hydrogen-bond donors (Lipinski definition) is 1. The molecule has 0 fully saturated rings. The summed E-state index contributed by atoms with van der Waals surface area (Å²) in [5.74, 6) is -0.529. The Kier molecular flexibility index (Phi) is 4.55. The Morgan fingerprint density at radius 1 is 1.29 bits per heavy atom. The summed E-state index contributed by atoms with van der Waals surface area (Å²) in [6.07, 6.45) is 2.67. The van der Waals surface area contributed by atoms with Crippen molar-refractivity contribution < 1.29 is 14.0 Å². The molecule has 3 rings (SSSR count). The molecule has 0 atom stereocenters. The van der Waals surface area contributed by atoms with E-state index < -0.39 is 0 Å². The van der Waals surface area contributed by atoms with Crippen LogP contribution >= 0.6 is 0 Å². The molecule has 0 bridgehead atoms. The first kappa shape index (κ1) is 16.1. The zero-order chi connectivity index (χ0) is 17.1. The van der Waals surface area contributed by atoms with Crippen molar-refractivity contribution >= 4 is 23.2 Å². The van der Waals surface area contributed by atoms with Gasteiger partial charge in [-0.1, -0.05) is 0 Å². The average Bonchev–Trinajstić information content (AvgIpc) is 2.54. The van der Waals surface area contributed by atoms with Crippen molar-refractivity contribution in [3.8, 4) is 0 Å². The highest BCUT2D eigenvalue weighted by atomic mass is 19.1. The molecule has 1 aliphatic heterocycles. The number of nitrogens with zero attached hydrogens (tertiary/aromatic N) is 2. The lowest BCUT2D eigenvalue weighted by Gasteiger charge is -2.29. The highest BCUT2D eigenvalue weighted by Gasteiger charge is 2.24. The predicted octanol–water partition coefficient (Wildman–Crippen LogP) is 2.84. The fraction of sp³-hybridized carbons (Fsp3) is 0.278. The summed E-state index contributed by atoms with van der Waals surface area (Å²) in [6, 6.07) is 7.89. The number of benzene rings is 1. The molecule has 0 aliphatic carbocycles. The number of carbonyl (C=O) groups is 2. The van der Waals surface area contributed by atoms with E-state index in [0.717, 1.165) is 11.3 Å². The number of amides is 2. The minimum absolute atomic E-state index is 0.0401. The van der Waals surface area contributed by atoms with Crippen LogP contribution in [0.5, 0.6) is 0 Å². The quantitative estimate of drug-likeness (QED) is 0.939. The number of aromatic nitrogens is 1. The molecule has 0 saturated heterocycles. The van der Waals surface area contributed by atoms with Gasteiger partial charge in [0.05, 0.1) is 0 Å². The minimum atomic E-state index is -0.311. The van der Waals surface area contributed by atoms with Crippen molar-refractivity contribution in [1.29, 1.82) is 0 Å². The van der Waals surface area contributed by atoms with Crippen molar-refractivity contribution in [2.45, 2.75) is 26.2 Å². The third kappa shape index (κ3) is 3.59. The highest BCUT2D eigenvalue weighted by Crippen LogP contribution is 2.28. The average molecular weight is 327 g/mol. The number of aryl methyl sites for hydroxylation is 2. The van der Waals surface area contributed by atoms with Gasteiger partial charge < -0.3 is 10.2 Å². The number of nitrogens with one attached hydrogen (secondary N) is 1. The second-order valence-corrected chi connectivity index (χ2v) is 5.80. The van der Waals surface area contributed by atoms with Crippen LogP contribution in [0, 0.1) is 12.7 Å². The molecule has 2 aromatic rings. The van der Waals surface area contributed by atoms with Crippen LogP contribution in [0.3, 0.4) is 0 Å². The van der Waals surface area contributed by atoms with E-state index in [4.69, 9.17) is 0 Å². The lowest BCUT2D eigenvalue weighted by Crippen LogP contribution is -2.37. The van der Waals surface area contributed by atoms with Crippen molar-refractivity contribution in [3.05, 3.63) is 53.6 Å². The molecule has 0 saturated carbocycles. The van der Waals surface area contributed by atoms with Crippen molar-refractivity contribution in [1.82, 2.24) is 4.98 Å². The molecular formula is C18H18FN3O2.